The summed E-state index contributed by atoms with van der Waals surface area (Å²) in [6.45, 7) is 1.55. The Bertz CT molecular complexity index is 752. The van der Waals surface area contributed by atoms with Crippen molar-refractivity contribution >= 4 is 5.91 Å². The number of aromatic nitrogens is 1. The largest absolute Gasteiger partial charge is 0.338 e. The van der Waals surface area contributed by atoms with Crippen LogP contribution in [-0.2, 0) is 0 Å². The molecule has 26 heavy (non-hydrogen) atoms. The molecule has 3 unspecified atom stereocenters. The topological polar surface area (TPSA) is 57.3 Å². The summed E-state index contributed by atoms with van der Waals surface area (Å²) in [6, 6.07) is 10.7. The van der Waals surface area contributed by atoms with E-state index in [0.717, 1.165) is 37.9 Å². The van der Waals surface area contributed by atoms with Gasteiger partial charge in [0.1, 0.15) is 5.82 Å². The van der Waals surface area contributed by atoms with Crippen molar-refractivity contribution in [2.24, 2.45) is 5.92 Å². The molecule has 5 nitrogen and oxygen atoms in total. The molecule has 0 radical (unpaired) electrons. The maximum absolute atomic E-state index is 13.1. The average Bonchev–Trinajstić information content (AvgIpc) is 3.19. The number of halogens is 1. The van der Waals surface area contributed by atoms with E-state index in [9.17, 15) is 9.18 Å². The highest BCUT2D eigenvalue weighted by molar-refractivity contribution is 5.93. The predicted octanol–water partition coefficient (Wildman–Crippen LogP) is 2.68. The lowest BCUT2D eigenvalue weighted by Crippen LogP contribution is -2.47. The summed E-state index contributed by atoms with van der Waals surface area (Å²) in [6.07, 6.45) is 6.36. The normalized spacial score (nSPS) is 26.0. The maximum atomic E-state index is 13.1. The molecule has 6 heteroatoms. The smallest absolute Gasteiger partial charge is 0.255 e. The first-order valence-corrected chi connectivity index (χ1v) is 9.16. The van der Waals surface area contributed by atoms with Crippen molar-refractivity contribution in [2.45, 2.75) is 31.3 Å². The second-order valence-corrected chi connectivity index (χ2v) is 7.13. The van der Waals surface area contributed by atoms with Crippen molar-refractivity contribution in [3.63, 3.8) is 0 Å². The van der Waals surface area contributed by atoms with Crippen LogP contribution in [0.5, 0.6) is 0 Å². The number of hydrogen-bond donors (Lipinski definition) is 2. The second-order valence-electron chi connectivity index (χ2n) is 7.13. The summed E-state index contributed by atoms with van der Waals surface area (Å²) >= 11 is 0. The Balaban J connectivity index is 1.39. The molecule has 2 aliphatic rings. The summed E-state index contributed by atoms with van der Waals surface area (Å²) < 4.78 is 13.1. The lowest BCUT2D eigenvalue weighted by molar-refractivity contribution is 0.0648. The van der Waals surface area contributed by atoms with Crippen LogP contribution in [0.4, 0.5) is 4.39 Å². The number of carbonyl (C=O) groups is 1. The molecule has 1 amide bonds. The van der Waals surface area contributed by atoms with Gasteiger partial charge >= 0.3 is 0 Å². The van der Waals surface area contributed by atoms with Gasteiger partial charge in [-0.2, -0.15) is 0 Å². The van der Waals surface area contributed by atoms with E-state index in [1.165, 1.54) is 12.1 Å². The van der Waals surface area contributed by atoms with Gasteiger partial charge < -0.3 is 4.90 Å². The third kappa shape index (κ3) is 3.61. The maximum Gasteiger partial charge on any atom is 0.255 e. The molecule has 2 saturated heterocycles. The van der Waals surface area contributed by atoms with Gasteiger partial charge in [-0.15, -0.1) is 0 Å². The molecular formula is C20H23FN4O. The van der Waals surface area contributed by atoms with Crippen molar-refractivity contribution in [1.29, 1.82) is 0 Å². The van der Waals surface area contributed by atoms with Gasteiger partial charge in [-0.3, -0.25) is 20.6 Å². The number of nitrogens with zero attached hydrogens (tertiary/aromatic N) is 2. The summed E-state index contributed by atoms with van der Waals surface area (Å²) in [5.41, 5.74) is 8.46. The zero-order valence-electron chi connectivity index (χ0n) is 14.6. The molecule has 4 rings (SSSR count). The van der Waals surface area contributed by atoms with Crippen molar-refractivity contribution in [1.82, 2.24) is 20.7 Å². The van der Waals surface area contributed by atoms with Gasteiger partial charge in [-0.1, -0.05) is 12.1 Å². The predicted molar refractivity (Wildman–Crippen MR) is 96.7 cm³/mol. The minimum atomic E-state index is -0.215. The highest BCUT2D eigenvalue weighted by Crippen LogP contribution is 2.30. The van der Waals surface area contributed by atoms with Crippen LogP contribution in [0.2, 0.25) is 0 Å². The second kappa shape index (κ2) is 7.51. The minimum absolute atomic E-state index is 0.0591. The van der Waals surface area contributed by atoms with Crippen molar-refractivity contribution in [3.8, 4) is 0 Å². The van der Waals surface area contributed by atoms with Crippen LogP contribution < -0.4 is 10.9 Å². The molecule has 0 aliphatic carbocycles. The van der Waals surface area contributed by atoms with Crippen LogP contribution in [0.1, 0.15) is 41.2 Å². The number of rotatable bonds is 3. The Labute approximate surface area is 152 Å². The van der Waals surface area contributed by atoms with Crippen LogP contribution in [0.3, 0.4) is 0 Å². The van der Waals surface area contributed by atoms with E-state index < -0.39 is 0 Å². The first-order chi connectivity index (χ1) is 12.7. The number of nitrogens with one attached hydrogen (secondary N) is 2. The number of hydrogen-bond acceptors (Lipinski definition) is 4. The first kappa shape index (κ1) is 17.1. The van der Waals surface area contributed by atoms with E-state index in [2.05, 4.69) is 15.8 Å². The number of carbonyl (C=O) groups excluding carboxylic acids is 1. The summed E-state index contributed by atoms with van der Waals surface area (Å²) in [5.74, 6) is 0.249. The van der Waals surface area contributed by atoms with Gasteiger partial charge in [0.25, 0.3) is 5.91 Å². The number of amides is 1. The monoisotopic (exact) mass is 354 g/mol. The van der Waals surface area contributed by atoms with Gasteiger partial charge in [0.2, 0.25) is 0 Å². The highest BCUT2D eigenvalue weighted by atomic mass is 19.1. The summed E-state index contributed by atoms with van der Waals surface area (Å²) in [5, 5.41) is 0. The molecule has 0 bridgehead atoms. The van der Waals surface area contributed by atoms with E-state index in [1.54, 1.807) is 18.5 Å². The number of pyridine rings is 1. The average molecular weight is 354 g/mol. The third-order valence-electron chi connectivity index (χ3n) is 5.43. The van der Waals surface area contributed by atoms with Crippen LogP contribution in [0, 0.1) is 11.7 Å². The molecule has 1 aromatic carbocycles. The van der Waals surface area contributed by atoms with Crippen molar-refractivity contribution in [3.05, 3.63) is 65.7 Å². The van der Waals surface area contributed by atoms with E-state index in [1.807, 2.05) is 23.1 Å². The fourth-order valence-electron chi connectivity index (χ4n) is 4.00. The SMILES string of the molecule is O=C(c1cccnc1)N1CCCC(C2CC(c3ccc(F)cc3)NN2)C1. The van der Waals surface area contributed by atoms with Gasteiger partial charge in [-0.25, -0.2) is 4.39 Å². The van der Waals surface area contributed by atoms with E-state index >= 15 is 0 Å². The van der Waals surface area contributed by atoms with E-state index in [4.69, 9.17) is 0 Å². The van der Waals surface area contributed by atoms with Crippen LogP contribution in [0.15, 0.2) is 48.8 Å². The Morgan fingerprint density at radius 1 is 1.19 bits per heavy atom. The number of hydrazine groups is 1. The van der Waals surface area contributed by atoms with E-state index in [-0.39, 0.29) is 17.8 Å². The zero-order chi connectivity index (χ0) is 17.9. The third-order valence-corrected chi connectivity index (χ3v) is 5.43. The Hall–Kier alpha value is -2.31. The van der Waals surface area contributed by atoms with Gasteiger partial charge in [0.05, 0.1) is 5.56 Å². The van der Waals surface area contributed by atoms with Crippen molar-refractivity contribution in [2.75, 3.05) is 13.1 Å². The molecule has 1 aromatic heterocycles. The standard InChI is InChI=1S/C20H23FN4O/c21-17-7-5-14(6-8-17)18-11-19(24-23-18)16-4-2-10-25(13-16)20(26)15-3-1-9-22-12-15/h1,3,5-9,12,16,18-19,23-24H,2,4,10-11,13H2. The molecule has 3 heterocycles. The quantitative estimate of drug-likeness (QED) is 0.890. The highest BCUT2D eigenvalue weighted by Gasteiger charge is 2.35. The van der Waals surface area contributed by atoms with Crippen LogP contribution in [0.25, 0.3) is 0 Å². The fourth-order valence-corrected chi connectivity index (χ4v) is 4.00. The van der Waals surface area contributed by atoms with Crippen LogP contribution in [-0.4, -0.2) is 34.9 Å². The Morgan fingerprint density at radius 2 is 2.04 bits per heavy atom. The van der Waals surface area contributed by atoms with Crippen LogP contribution >= 0.6 is 0 Å². The fraction of sp³-hybridized carbons (Fsp3) is 0.400. The van der Waals surface area contributed by atoms with E-state index in [0.29, 0.717) is 17.5 Å². The Kier molecular flexibility index (Phi) is 4.95. The molecule has 2 N–H and O–H groups in total. The summed E-state index contributed by atoms with van der Waals surface area (Å²) in [4.78, 5) is 18.7. The number of benzene rings is 1. The zero-order valence-corrected chi connectivity index (χ0v) is 14.6. The lowest BCUT2D eigenvalue weighted by Gasteiger charge is -2.35. The minimum Gasteiger partial charge on any atom is -0.338 e. The molecule has 136 valence electrons. The lowest BCUT2D eigenvalue weighted by atomic mass is 9.87. The van der Waals surface area contributed by atoms with Gasteiger partial charge in [-0.05, 0) is 55.0 Å². The van der Waals surface area contributed by atoms with Crippen molar-refractivity contribution < 1.29 is 9.18 Å². The first-order valence-electron chi connectivity index (χ1n) is 9.16. The molecular weight excluding hydrogens is 331 g/mol. The molecule has 3 atom stereocenters. The molecule has 2 aromatic rings. The molecule has 2 aliphatic heterocycles. The molecule has 0 saturated carbocycles. The van der Waals surface area contributed by atoms with Gasteiger partial charge in [0, 0.05) is 37.6 Å². The summed E-state index contributed by atoms with van der Waals surface area (Å²) in [7, 11) is 0. The number of likely N-dealkylation sites (tertiary alicyclic amines) is 1. The Morgan fingerprint density at radius 3 is 2.81 bits per heavy atom. The van der Waals surface area contributed by atoms with Gasteiger partial charge in [0.15, 0.2) is 0 Å². The molecule has 0 spiro atoms. The molecule has 2 fully saturated rings. The number of piperidine rings is 1.